The maximum Gasteiger partial charge on any atom is 0.362 e. The summed E-state index contributed by atoms with van der Waals surface area (Å²) < 4.78 is 5.27. The van der Waals surface area contributed by atoms with Crippen molar-refractivity contribution in [3.63, 3.8) is 0 Å². The smallest absolute Gasteiger partial charge is 0.362 e. The molecule has 1 aromatic heterocycles. The second kappa shape index (κ2) is 6.47. The lowest BCUT2D eigenvalue weighted by molar-refractivity contribution is -0.136. The molecule has 0 radical (unpaired) electrons. The number of aliphatic carboxylic acids is 1. The molecule has 5 nitrogen and oxygen atoms in total. The average molecular weight is 271 g/mol. The highest BCUT2D eigenvalue weighted by molar-refractivity contribution is 5.89. The summed E-state index contributed by atoms with van der Waals surface area (Å²) in [4.78, 5) is 26.4. The molecule has 1 N–H and O–H groups in total. The molecule has 0 fully saturated rings. The molecule has 0 unspecified atom stereocenters. The normalized spacial score (nSPS) is 10.0. The van der Waals surface area contributed by atoms with Crippen LogP contribution in [0.1, 0.15) is 22.5 Å². The van der Waals surface area contributed by atoms with Gasteiger partial charge in [-0.15, -0.1) is 0 Å². The van der Waals surface area contributed by atoms with Crippen molar-refractivity contribution in [1.82, 2.24) is 4.98 Å². The molecule has 0 aliphatic heterocycles. The fraction of sp³-hybridized carbons (Fsp3) is 0.133. The Morgan fingerprint density at radius 2 is 1.85 bits per heavy atom. The number of ether oxygens (including phenoxy) is 1. The van der Waals surface area contributed by atoms with E-state index in [0.717, 1.165) is 0 Å². The van der Waals surface area contributed by atoms with Crippen molar-refractivity contribution in [3.8, 4) is 5.75 Å². The van der Waals surface area contributed by atoms with E-state index in [1.165, 1.54) is 6.20 Å². The first-order valence-electron chi connectivity index (χ1n) is 6.10. The minimum atomic E-state index is -0.893. The third-order valence-electron chi connectivity index (χ3n) is 2.66. The van der Waals surface area contributed by atoms with E-state index in [2.05, 4.69) is 4.98 Å². The number of carboxylic acids is 1. The lowest BCUT2D eigenvalue weighted by Gasteiger charge is -2.08. The number of carboxylic acid groups (broad SMARTS) is 1. The summed E-state index contributed by atoms with van der Waals surface area (Å²) >= 11 is 0. The second-order valence-electron chi connectivity index (χ2n) is 4.11. The summed E-state index contributed by atoms with van der Waals surface area (Å²) in [5, 5.41) is 8.71. The van der Waals surface area contributed by atoms with Crippen molar-refractivity contribution in [3.05, 3.63) is 59.9 Å². The largest absolute Gasteiger partial charge is 0.481 e. The van der Waals surface area contributed by atoms with Gasteiger partial charge in [0.25, 0.3) is 0 Å². The highest BCUT2D eigenvalue weighted by Gasteiger charge is 2.12. The number of aromatic nitrogens is 1. The lowest BCUT2D eigenvalue weighted by atomic mass is 10.1. The van der Waals surface area contributed by atoms with Crippen LogP contribution in [0.15, 0.2) is 48.7 Å². The number of pyridine rings is 1. The lowest BCUT2D eigenvalue weighted by Crippen LogP contribution is -2.11. The van der Waals surface area contributed by atoms with E-state index in [-0.39, 0.29) is 12.1 Å². The number of hydrogen-bond donors (Lipinski definition) is 1. The minimum absolute atomic E-state index is 0.0157. The summed E-state index contributed by atoms with van der Waals surface area (Å²) in [5.41, 5.74) is 0.889. The van der Waals surface area contributed by atoms with Crippen molar-refractivity contribution in [2.45, 2.75) is 12.8 Å². The number of para-hydroxylation sites is 1. The first-order valence-corrected chi connectivity index (χ1v) is 6.10. The zero-order valence-corrected chi connectivity index (χ0v) is 10.7. The number of hydrogen-bond acceptors (Lipinski definition) is 4. The number of benzene rings is 1. The van der Waals surface area contributed by atoms with Gasteiger partial charge in [-0.2, -0.15) is 0 Å². The number of carbonyl (C=O) groups is 2. The molecule has 1 heterocycles. The van der Waals surface area contributed by atoms with Crippen LogP contribution < -0.4 is 4.74 Å². The van der Waals surface area contributed by atoms with Crippen LogP contribution in [0.3, 0.4) is 0 Å². The van der Waals surface area contributed by atoms with Gasteiger partial charge < -0.3 is 9.84 Å². The summed E-state index contributed by atoms with van der Waals surface area (Å²) in [7, 11) is 0. The molecule has 0 saturated heterocycles. The number of carbonyl (C=O) groups excluding carboxylic acids is 1. The van der Waals surface area contributed by atoms with Gasteiger partial charge in [-0.3, -0.25) is 4.79 Å². The number of esters is 1. The molecule has 1 aromatic carbocycles. The summed E-state index contributed by atoms with van der Waals surface area (Å²) in [6.45, 7) is 0. The standard InChI is InChI=1S/C15H13NO4/c17-14(18)9-8-11-5-1-2-7-13(11)20-15(19)12-6-3-4-10-16-12/h1-7,10H,8-9H2,(H,17,18). The molecule has 20 heavy (non-hydrogen) atoms. The Morgan fingerprint density at radius 1 is 1.10 bits per heavy atom. The third-order valence-corrected chi connectivity index (χ3v) is 2.66. The molecule has 0 saturated carbocycles. The Labute approximate surface area is 115 Å². The van der Waals surface area contributed by atoms with Gasteiger partial charge in [0.1, 0.15) is 11.4 Å². The number of nitrogens with zero attached hydrogens (tertiary/aromatic N) is 1. The van der Waals surface area contributed by atoms with E-state index in [9.17, 15) is 9.59 Å². The molecule has 5 heteroatoms. The molecule has 2 aromatic rings. The van der Waals surface area contributed by atoms with E-state index in [1.807, 2.05) is 0 Å². The van der Waals surface area contributed by atoms with Gasteiger partial charge in [0.2, 0.25) is 0 Å². The van der Waals surface area contributed by atoms with E-state index >= 15 is 0 Å². The Bertz CT molecular complexity index is 610. The van der Waals surface area contributed by atoms with Gasteiger partial charge in [-0.05, 0) is 30.2 Å². The summed E-state index contributed by atoms with van der Waals surface area (Å²) in [6.07, 6.45) is 1.80. The van der Waals surface area contributed by atoms with Crippen LogP contribution in [0.4, 0.5) is 0 Å². The van der Waals surface area contributed by atoms with E-state index in [1.54, 1.807) is 42.5 Å². The topological polar surface area (TPSA) is 76.5 Å². The Kier molecular flexibility index (Phi) is 4.44. The zero-order valence-electron chi connectivity index (χ0n) is 10.7. The average Bonchev–Trinajstić information content (AvgIpc) is 2.47. The SMILES string of the molecule is O=C(O)CCc1ccccc1OC(=O)c1ccccn1. The van der Waals surface area contributed by atoms with Gasteiger partial charge >= 0.3 is 11.9 Å². The first kappa shape index (κ1) is 13.7. The second-order valence-corrected chi connectivity index (χ2v) is 4.11. The monoisotopic (exact) mass is 271 g/mol. The van der Waals surface area contributed by atoms with Crippen LogP contribution in [0.25, 0.3) is 0 Å². The van der Waals surface area contributed by atoms with Crippen LogP contribution in [-0.2, 0) is 11.2 Å². The molecule has 0 spiro atoms. The third kappa shape index (κ3) is 3.65. The van der Waals surface area contributed by atoms with Gasteiger partial charge in [0.05, 0.1) is 0 Å². The fourth-order valence-electron chi connectivity index (χ4n) is 1.69. The summed E-state index contributed by atoms with van der Waals surface area (Å²) in [5.74, 6) is -1.09. The zero-order chi connectivity index (χ0) is 14.4. The van der Waals surface area contributed by atoms with Gasteiger partial charge in [0.15, 0.2) is 0 Å². The molecular formula is C15H13NO4. The molecule has 0 aliphatic carbocycles. The van der Waals surface area contributed by atoms with Gasteiger partial charge in [-0.1, -0.05) is 24.3 Å². The van der Waals surface area contributed by atoms with Crippen LogP contribution in [0.5, 0.6) is 5.75 Å². The quantitative estimate of drug-likeness (QED) is 0.667. The van der Waals surface area contributed by atoms with E-state index in [0.29, 0.717) is 17.7 Å². The number of aryl methyl sites for hydroxylation is 1. The van der Waals surface area contributed by atoms with Crippen molar-refractivity contribution in [2.75, 3.05) is 0 Å². The van der Waals surface area contributed by atoms with Crippen molar-refractivity contribution >= 4 is 11.9 Å². The van der Waals surface area contributed by atoms with E-state index < -0.39 is 11.9 Å². The molecule has 2 rings (SSSR count). The maximum atomic E-state index is 11.9. The Balaban J connectivity index is 2.13. The maximum absolute atomic E-state index is 11.9. The van der Waals surface area contributed by atoms with Gasteiger partial charge in [-0.25, -0.2) is 9.78 Å². The molecule has 0 amide bonds. The van der Waals surface area contributed by atoms with Crippen LogP contribution in [0, 0.1) is 0 Å². The van der Waals surface area contributed by atoms with Gasteiger partial charge in [0, 0.05) is 12.6 Å². The van der Waals surface area contributed by atoms with Crippen molar-refractivity contribution < 1.29 is 19.4 Å². The predicted octanol–water partition coefficient (Wildman–Crippen LogP) is 2.32. The first-order chi connectivity index (χ1) is 9.66. The predicted molar refractivity (Wildman–Crippen MR) is 71.6 cm³/mol. The highest BCUT2D eigenvalue weighted by atomic mass is 16.5. The Morgan fingerprint density at radius 3 is 2.55 bits per heavy atom. The van der Waals surface area contributed by atoms with Crippen molar-refractivity contribution in [1.29, 1.82) is 0 Å². The molecule has 0 atom stereocenters. The number of rotatable bonds is 5. The van der Waals surface area contributed by atoms with Crippen molar-refractivity contribution in [2.24, 2.45) is 0 Å². The summed E-state index contributed by atoms with van der Waals surface area (Å²) in [6, 6.07) is 11.8. The molecule has 0 aliphatic rings. The van der Waals surface area contributed by atoms with Crippen LogP contribution in [0.2, 0.25) is 0 Å². The molecular weight excluding hydrogens is 258 g/mol. The Hall–Kier alpha value is -2.69. The highest BCUT2D eigenvalue weighted by Crippen LogP contribution is 2.20. The fourth-order valence-corrected chi connectivity index (χ4v) is 1.69. The molecule has 0 bridgehead atoms. The van der Waals surface area contributed by atoms with Crippen LogP contribution in [-0.4, -0.2) is 22.0 Å². The van der Waals surface area contributed by atoms with E-state index in [4.69, 9.17) is 9.84 Å². The molecule has 102 valence electrons. The van der Waals surface area contributed by atoms with Crippen LogP contribution >= 0.6 is 0 Å². The minimum Gasteiger partial charge on any atom is -0.481 e.